The zero-order valence-corrected chi connectivity index (χ0v) is 18.8. The standard InChI is InChI=1S/C22H21ClF2N4O2S/c1-14-2-3-15(23)12-19(14)28-8-10-29(11-9-28)20(30)18-13-32-22(27-18)26-16-4-6-17(7-5-16)31-21(24)25/h2-7,12-13,21H,8-11H2,1H3,(H,26,27). The highest BCUT2D eigenvalue weighted by molar-refractivity contribution is 7.14. The van der Waals surface area contributed by atoms with Gasteiger partial charge in [-0.2, -0.15) is 8.78 Å². The highest BCUT2D eigenvalue weighted by atomic mass is 35.5. The van der Waals surface area contributed by atoms with E-state index in [0.717, 1.165) is 24.3 Å². The molecule has 1 N–H and O–H groups in total. The summed E-state index contributed by atoms with van der Waals surface area (Å²) in [7, 11) is 0. The van der Waals surface area contributed by atoms with Crippen molar-refractivity contribution < 1.29 is 18.3 Å². The zero-order chi connectivity index (χ0) is 22.7. The molecule has 168 valence electrons. The lowest BCUT2D eigenvalue weighted by Crippen LogP contribution is -2.49. The molecule has 10 heteroatoms. The number of benzene rings is 2. The maximum Gasteiger partial charge on any atom is 0.387 e. The van der Waals surface area contributed by atoms with Gasteiger partial charge in [-0.3, -0.25) is 4.79 Å². The molecule has 0 bridgehead atoms. The summed E-state index contributed by atoms with van der Waals surface area (Å²) in [5.74, 6) is -0.0369. The van der Waals surface area contributed by atoms with Gasteiger partial charge in [-0.05, 0) is 48.9 Å². The summed E-state index contributed by atoms with van der Waals surface area (Å²) in [6.07, 6.45) is 0. The van der Waals surface area contributed by atoms with Gasteiger partial charge in [0.15, 0.2) is 5.13 Å². The highest BCUT2D eigenvalue weighted by Gasteiger charge is 2.24. The molecule has 0 radical (unpaired) electrons. The maximum absolute atomic E-state index is 12.9. The summed E-state index contributed by atoms with van der Waals surface area (Å²) in [6, 6.07) is 11.9. The first-order chi connectivity index (χ1) is 15.4. The minimum Gasteiger partial charge on any atom is -0.435 e. The number of aryl methyl sites for hydroxylation is 1. The van der Waals surface area contributed by atoms with E-state index < -0.39 is 6.61 Å². The highest BCUT2D eigenvalue weighted by Crippen LogP contribution is 2.27. The molecule has 1 aromatic heterocycles. The second-order valence-corrected chi connectivity index (χ2v) is 8.57. The fourth-order valence-corrected chi connectivity index (χ4v) is 4.38. The second kappa shape index (κ2) is 9.70. The number of hydrogen-bond acceptors (Lipinski definition) is 6. The molecule has 2 heterocycles. The molecule has 1 aliphatic heterocycles. The van der Waals surface area contributed by atoms with Crippen molar-refractivity contribution in [1.29, 1.82) is 0 Å². The molecular weight excluding hydrogens is 458 g/mol. The lowest BCUT2D eigenvalue weighted by Gasteiger charge is -2.36. The van der Waals surface area contributed by atoms with Gasteiger partial charge < -0.3 is 19.9 Å². The monoisotopic (exact) mass is 478 g/mol. The number of aromatic nitrogens is 1. The van der Waals surface area contributed by atoms with Crippen molar-refractivity contribution in [1.82, 2.24) is 9.88 Å². The summed E-state index contributed by atoms with van der Waals surface area (Å²) in [5, 5.41) is 6.03. The van der Waals surface area contributed by atoms with E-state index in [9.17, 15) is 13.6 Å². The third-order valence-electron chi connectivity index (χ3n) is 5.13. The molecule has 1 aliphatic rings. The first kappa shape index (κ1) is 22.3. The van der Waals surface area contributed by atoms with Crippen LogP contribution in [-0.4, -0.2) is 48.6 Å². The van der Waals surface area contributed by atoms with E-state index in [0.29, 0.717) is 34.6 Å². The smallest absolute Gasteiger partial charge is 0.387 e. The van der Waals surface area contributed by atoms with E-state index in [2.05, 4.69) is 19.9 Å². The molecule has 0 spiro atoms. The van der Waals surface area contributed by atoms with Crippen molar-refractivity contribution in [2.75, 3.05) is 36.4 Å². The van der Waals surface area contributed by atoms with Crippen molar-refractivity contribution in [3.63, 3.8) is 0 Å². The molecule has 1 saturated heterocycles. The molecule has 6 nitrogen and oxygen atoms in total. The Bertz CT molecular complexity index is 1090. The van der Waals surface area contributed by atoms with Crippen LogP contribution in [0.25, 0.3) is 0 Å². The number of hydrogen-bond donors (Lipinski definition) is 1. The van der Waals surface area contributed by atoms with Gasteiger partial charge >= 0.3 is 6.61 Å². The normalized spacial score (nSPS) is 14.0. The van der Waals surface area contributed by atoms with Crippen molar-refractivity contribution >= 4 is 45.4 Å². The molecule has 3 aromatic rings. The quantitative estimate of drug-likeness (QED) is 0.513. The fraction of sp³-hybridized carbons (Fsp3) is 0.273. The van der Waals surface area contributed by atoms with Crippen LogP contribution in [0.15, 0.2) is 47.8 Å². The average molecular weight is 479 g/mol. The molecule has 32 heavy (non-hydrogen) atoms. The molecule has 0 aliphatic carbocycles. The Kier molecular flexibility index (Phi) is 6.76. The largest absolute Gasteiger partial charge is 0.435 e. The number of thiazole rings is 1. The molecule has 1 fully saturated rings. The van der Waals surface area contributed by atoms with Crippen molar-refractivity contribution in [2.45, 2.75) is 13.5 Å². The number of nitrogens with zero attached hydrogens (tertiary/aromatic N) is 3. The summed E-state index contributed by atoms with van der Waals surface area (Å²) < 4.78 is 28.8. The number of halogens is 3. The van der Waals surface area contributed by atoms with Crippen molar-refractivity contribution in [3.05, 3.63) is 64.1 Å². The minimum absolute atomic E-state index is 0.0765. The summed E-state index contributed by atoms with van der Waals surface area (Å²) in [5.41, 5.74) is 3.28. The Hall–Kier alpha value is -2.91. The van der Waals surface area contributed by atoms with Gasteiger partial charge in [-0.15, -0.1) is 11.3 Å². The van der Waals surface area contributed by atoms with Crippen LogP contribution in [0.5, 0.6) is 5.75 Å². The van der Waals surface area contributed by atoms with Crippen LogP contribution in [-0.2, 0) is 0 Å². The van der Waals surface area contributed by atoms with Crippen LogP contribution < -0.4 is 15.0 Å². The van der Waals surface area contributed by atoms with Crippen molar-refractivity contribution in [3.8, 4) is 5.75 Å². The average Bonchev–Trinajstić information content (AvgIpc) is 3.24. The Morgan fingerprint density at radius 2 is 1.88 bits per heavy atom. The van der Waals surface area contributed by atoms with Gasteiger partial charge in [0.1, 0.15) is 11.4 Å². The number of amides is 1. The predicted molar refractivity (Wildman–Crippen MR) is 123 cm³/mol. The maximum atomic E-state index is 12.9. The zero-order valence-electron chi connectivity index (χ0n) is 17.2. The SMILES string of the molecule is Cc1ccc(Cl)cc1N1CCN(C(=O)c2csc(Nc3ccc(OC(F)F)cc3)n2)CC1. The number of ether oxygens (including phenoxy) is 1. The lowest BCUT2D eigenvalue weighted by molar-refractivity contribution is -0.0498. The summed E-state index contributed by atoms with van der Waals surface area (Å²) >= 11 is 7.45. The molecular formula is C22H21ClF2N4O2S. The molecule has 0 saturated carbocycles. The number of piperazine rings is 1. The first-order valence-electron chi connectivity index (χ1n) is 9.97. The van der Waals surface area contributed by atoms with E-state index in [1.165, 1.54) is 23.5 Å². The third kappa shape index (κ3) is 5.28. The van der Waals surface area contributed by atoms with E-state index >= 15 is 0 Å². The Morgan fingerprint density at radius 1 is 1.16 bits per heavy atom. The van der Waals surface area contributed by atoms with Crippen LogP contribution in [0.3, 0.4) is 0 Å². The Morgan fingerprint density at radius 3 is 2.56 bits per heavy atom. The topological polar surface area (TPSA) is 57.7 Å². The van der Waals surface area contributed by atoms with E-state index in [1.807, 2.05) is 25.1 Å². The number of carbonyl (C=O) groups is 1. The minimum atomic E-state index is -2.86. The van der Waals surface area contributed by atoms with Crippen LogP contribution in [0.2, 0.25) is 5.02 Å². The van der Waals surface area contributed by atoms with E-state index in [-0.39, 0.29) is 11.7 Å². The van der Waals surface area contributed by atoms with Gasteiger partial charge in [0.25, 0.3) is 5.91 Å². The lowest BCUT2D eigenvalue weighted by atomic mass is 10.1. The molecule has 0 atom stereocenters. The van der Waals surface area contributed by atoms with Crippen LogP contribution in [0.1, 0.15) is 16.1 Å². The molecule has 1 amide bonds. The van der Waals surface area contributed by atoms with Gasteiger partial charge in [-0.25, -0.2) is 4.98 Å². The predicted octanol–water partition coefficient (Wildman–Crippen LogP) is 5.41. The van der Waals surface area contributed by atoms with Crippen LogP contribution >= 0.6 is 22.9 Å². The first-order valence-corrected chi connectivity index (χ1v) is 11.2. The Balaban J connectivity index is 1.34. The summed E-state index contributed by atoms with van der Waals surface area (Å²) in [6.45, 7) is 1.81. The van der Waals surface area contributed by atoms with E-state index in [1.54, 1.807) is 22.4 Å². The molecule has 0 unspecified atom stereocenters. The van der Waals surface area contributed by atoms with E-state index in [4.69, 9.17) is 11.6 Å². The number of rotatable bonds is 6. The van der Waals surface area contributed by atoms with Gasteiger partial charge in [0.2, 0.25) is 0 Å². The number of carbonyl (C=O) groups excluding carboxylic acids is 1. The van der Waals surface area contributed by atoms with Gasteiger partial charge in [-0.1, -0.05) is 17.7 Å². The third-order valence-corrected chi connectivity index (χ3v) is 6.13. The number of alkyl halides is 2. The van der Waals surface area contributed by atoms with Crippen LogP contribution in [0, 0.1) is 6.92 Å². The molecule has 2 aromatic carbocycles. The van der Waals surface area contributed by atoms with Gasteiger partial charge in [0.05, 0.1) is 0 Å². The number of nitrogens with one attached hydrogen (secondary N) is 1. The number of anilines is 3. The van der Waals surface area contributed by atoms with Crippen LogP contribution in [0.4, 0.5) is 25.3 Å². The second-order valence-electron chi connectivity index (χ2n) is 7.28. The fourth-order valence-electron chi connectivity index (χ4n) is 3.51. The summed E-state index contributed by atoms with van der Waals surface area (Å²) in [4.78, 5) is 21.3. The molecule has 4 rings (SSSR count). The van der Waals surface area contributed by atoms with Crippen molar-refractivity contribution in [2.24, 2.45) is 0 Å². The van der Waals surface area contributed by atoms with Gasteiger partial charge in [0, 0.05) is 48.0 Å². The Labute approximate surface area is 193 Å².